The zero-order valence-electron chi connectivity index (χ0n) is 15.1. The first-order valence-corrected chi connectivity index (χ1v) is 8.38. The third-order valence-electron chi connectivity index (χ3n) is 3.52. The second kappa shape index (κ2) is 9.64. The van der Waals surface area contributed by atoms with Crippen molar-refractivity contribution in [2.24, 2.45) is 0 Å². The van der Waals surface area contributed by atoms with Crippen LogP contribution >= 0.6 is 0 Å². The molecule has 132 valence electrons. The first-order valence-electron chi connectivity index (χ1n) is 8.38. The molecule has 0 saturated heterocycles. The Labute approximate surface area is 149 Å². The van der Waals surface area contributed by atoms with Gasteiger partial charge in [-0.1, -0.05) is 42.5 Å². The molecule has 0 N–H and O–H groups in total. The number of rotatable bonds is 9. The molecule has 0 atom stereocenters. The molecule has 2 aromatic rings. The molecule has 2 aromatic carbocycles. The van der Waals surface area contributed by atoms with Crippen LogP contribution in [0.15, 0.2) is 60.4 Å². The van der Waals surface area contributed by atoms with Crippen molar-refractivity contribution >= 4 is 11.9 Å². The summed E-state index contributed by atoms with van der Waals surface area (Å²) in [5, 5.41) is 0. The average molecular weight is 339 g/mol. The van der Waals surface area contributed by atoms with Crippen molar-refractivity contribution < 1.29 is 14.3 Å². The fourth-order valence-electron chi connectivity index (χ4n) is 2.24. The van der Waals surface area contributed by atoms with E-state index >= 15 is 0 Å². The molecule has 0 heterocycles. The van der Waals surface area contributed by atoms with E-state index in [0.29, 0.717) is 18.1 Å². The standard InChI is InChI=1S/C21H25NO3/c1-17(23)21(16-18-10-5-4-6-11-18)25-20-13-8-7-12-19(20)24-15-9-14-22(2)3/h4-8,10-13,16H,9,14-15H2,1-3H3/b21-16+. The van der Waals surface area contributed by atoms with Gasteiger partial charge in [0.2, 0.25) is 0 Å². The highest BCUT2D eigenvalue weighted by Crippen LogP contribution is 2.29. The number of hydrogen-bond donors (Lipinski definition) is 0. The minimum atomic E-state index is -0.133. The molecule has 0 bridgehead atoms. The molecular formula is C21H25NO3. The van der Waals surface area contributed by atoms with Gasteiger partial charge < -0.3 is 14.4 Å². The van der Waals surface area contributed by atoms with Crippen molar-refractivity contribution in [3.63, 3.8) is 0 Å². The summed E-state index contributed by atoms with van der Waals surface area (Å²) in [6.45, 7) is 3.04. The number of nitrogens with zero attached hydrogens (tertiary/aromatic N) is 1. The van der Waals surface area contributed by atoms with Gasteiger partial charge in [0, 0.05) is 13.5 Å². The number of Topliss-reactive ketones (excluding diaryl/α,β-unsaturated/α-hetero) is 1. The van der Waals surface area contributed by atoms with E-state index in [9.17, 15) is 4.79 Å². The van der Waals surface area contributed by atoms with E-state index < -0.39 is 0 Å². The van der Waals surface area contributed by atoms with Crippen molar-refractivity contribution in [3.05, 3.63) is 65.9 Å². The van der Waals surface area contributed by atoms with E-state index in [1.54, 1.807) is 6.08 Å². The highest BCUT2D eigenvalue weighted by atomic mass is 16.5. The van der Waals surface area contributed by atoms with E-state index in [1.165, 1.54) is 6.92 Å². The van der Waals surface area contributed by atoms with Gasteiger partial charge in [0.05, 0.1) is 6.61 Å². The number of ketones is 1. The summed E-state index contributed by atoms with van der Waals surface area (Å²) in [4.78, 5) is 14.1. The van der Waals surface area contributed by atoms with Crippen LogP contribution in [0, 0.1) is 0 Å². The molecule has 0 aliphatic carbocycles. The highest BCUT2D eigenvalue weighted by molar-refractivity contribution is 5.96. The first-order chi connectivity index (χ1) is 12.1. The van der Waals surface area contributed by atoms with Crippen LogP contribution < -0.4 is 9.47 Å². The van der Waals surface area contributed by atoms with Gasteiger partial charge in [0.25, 0.3) is 0 Å². The molecule has 0 aromatic heterocycles. The molecule has 0 unspecified atom stereocenters. The topological polar surface area (TPSA) is 38.8 Å². The molecule has 0 spiro atoms. The molecule has 25 heavy (non-hydrogen) atoms. The van der Waals surface area contributed by atoms with Crippen LogP contribution in [0.1, 0.15) is 18.9 Å². The monoisotopic (exact) mass is 339 g/mol. The quantitative estimate of drug-likeness (QED) is 0.393. The highest BCUT2D eigenvalue weighted by Gasteiger charge is 2.11. The zero-order valence-corrected chi connectivity index (χ0v) is 15.1. The lowest BCUT2D eigenvalue weighted by Gasteiger charge is -2.14. The Balaban J connectivity index is 2.11. The minimum Gasteiger partial charge on any atom is -0.490 e. The van der Waals surface area contributed by atoms with E-state index in [1.807, 2.05) is 68.7 Å². The Bertz CT molecular complexity index is 708. The van der Waals surface area contributed by atoms with Gasteiger partial charge in [0.1, 0.15) is 0 Å². The van der Waals surface area contributed by atoms with E-state index in [4.69, 9.17) is 9.47 Å². The smallest absolute Gasteiger partial charge is 0.194 e. The molecular weight excluding hydrogens is 314 g/mol. The second-order valence-corrected chi connectivity index (χ2v) is 6.03. The van der Waals surface area contributed by atoms with Crippen LogP contribution in [0.4, 0.5) is 0 Å². The number of carbonyl (C=O) groups is 1. The van der Waals surface area contributed by atoms with Crippen molar-refractivity contribution in [3.8, 4) is 11.5 Å². The lowest BCUT2D eigenvalue weighted by molar-refractivity contribution is -0.115. The molecule has 0 radical (unpaired) electrons. The number of hydrogen-bond acceptors (Lipinski definition) is 4. The Morgan fingerprint density at radius 3 is 2.28 bits per heavy atom. The maximum Gasteiger partial charge on any atom is 0.194 e. The van der Waals surface area contributed by atoms with Crippen LogP contribution in [0.2, 0.25) is 0 Å². The van der Waals surface area contributed by atoms with Crippen molar-refractivity contribution in [1.82, 2.24) is 4.90 Å². The molecule has 2 rings (SSSR count). The van der Waals surface area contributed by atoms with Crippen LogP contribution in [0.5, 0.6) is 11.5 Å². The predicted molar refractivity (Wildman–Crippen MR) is 101 cm³/mol. The fourth-order valence-corrected chi connectivity index (χ4v) is 2.24. The number of para-hydroxylation sites is 2. The molecule has 0 aliphatic rings. The molecule has 0 amide bonds. The number of benzene rings is 2. The molecule has 0 fully saturated rings. The van der Waals surface area contributed by atoms with Crippen LogP contribution in [-0.4, -0.2) is 37.9 Å². The van der Waals surface area contributed by atoms with Gasteiger partial charge in [-0.3, -0.25) is 4.79 Å². The first kappa shape index (κ1) is 18.7. The maximum absolute atomic E-state index is 12.0. The Morgan fingerprint density at radius 1 is 1.00 bits per heavy atom. The fraction of sp³-hybridized carbons (Fsp3) is 0.286. The van der Waals surface area contributed by atoms with Gasteiger partial charge in [-0.05, 0) is 44.3 Å². The second-order valence-electron chi connectivity index (χ2n) is 6.03. The summed E-state index contributed by atoms with van der Waals surface area (Å²) in [6, 6.07) is 17.0. The molecule has 0 saturated carbocycles. The summed E-state index contributed by atoms with van der Waals surface area (Å²) in [6.07, 6.45) is 2.66. The van der Waals surface area contributed by atoms with Crippen molar-refractivity contribution in [2.45, 2.75) is 13.3 Å². The number of allylic oxidation sites excluding steroid dienone is 1. The van der Waals surface area contributed by atoms with Gasteiger partial charge in [-0.15, -0.1) is 0 Å². The van der Waals surface area contributed by atoms with Crippen molar-refractivity contribution in [2.75, 3.05) is 27.2 Å². The van der Waals surface area contributed by atoms with Crippen LogP contribution in [0.25, 0.3) is 6.08 Å². The predicted octanol–water partition coefficient (Wildman–Crippen LogP) is 4.03. The van der Waals surface area contributed by atoms with E-state index in [-0.39, 0.29) is 11.5 Å². The summed E-state index contributed by atoms with van der Waals surface area (Å²) >= 11 is 0. The van der Waals surface area contributed by atoms with E-state index in [0.717, 1.165) is 18.5 Å². The maximum atomic E-state index is 12.0. The lowest BCUT2D eigenvalue weighted by Crippen LogP contribution is -2.15. The largest absolute Gasteiger partial charge is 0.490 e. The van der Waals surface area contributed by atoms with Crippen LogP contribution in [0.3, 0.4) is 0 Å². The van der Waals surface area contributed by atoms with Crippen molar-refractivity contribution in [1.29, 1.82) is 0 Å². The lowest BCUT2D eigenvalue weighted by atomic mass is 10.2. The summed E-state index contributed by atoms with van der Waals surface area (Å²) in [5.74, 6) is 1.34. The molecule has 0 aliphatic heterocycles. The zero-order chi connectivity index (χ0) is 18.1. The van der Waals surface area contributed by atoms with E-state index in [2.05, 4.69) is 4.90 Å². The number of ether oxygens (including phenoxy) is 2. The van der Waals surface area contributed by atoms with Gasteiger partial charge in [-0.25, -0.2) is 0 Å². The van der Waals surface area contributed by atoms with Gasteiger partial charge in [-0.2, -0.15) is 0 Å². The molecule has 4 nitrogen and oxygen atoms in total. The summed E-state index contributed by atoms with van der Waals surface area (Å²) < 4.78 is 11.7. The normalized spacial score (nSPS) is 11.4. The van der Waals surface area contributed by atoms with Crippen LogP contribution in [-0.2, 0) is 4.79 Å². The summed E-state index contributed by atoms with van der Waals surface area (Å²) in [7, 11) is 4.06. The Morgan fingerprint density at radius 2 is 1.64 bits per heavy atom. The third kappa shape index (κ3) is 6.43. The Hall–Kier alpha value is -2.59. The van der Waals surface area contributed by atoms with Gasteiger partial charge >= 0.3 is 0 Å². The van der Waals surface area contributed by atoms with Gasteiger partial charge in [0.15, 0.2) is 23.0 Å². The third-order valence-corrected chi connectivity index (χ3v) is 3.52. The average Bonchev–Trinajstić information content (AvgIpc) is 2.60. The summed E-state index contributed by atoms with van der Waals surface area (Å²) in [5.41, 5.74) is 0.914. The molecule has 4 heteroatoms. The minimum absolute atomic E-state index is 0.133. The number of carbonyl (C=O) groups excluding carboxylic acids is 1. The SMILES string of the molecule is CC(=O)/C(=C\c1ccccc1)Oc1ccccc1OCCCN(C)C. The Kier molecular flexibility index (Phi) is 7.23.